The van der Waals surface area contributed by atoms with Gasteiger partial charge in [0.25, 0.3) is 0 Å². The highest BCUT2D eigenvalue weighted by atomic mass is 32.1. The summed E-state index contributed by atoms with van der Waals surface area (Å²) in [6.07, 6.45) is 11.2. The van der Waals surface area contributed by atoms with Gasteiger partial charge in [-0.3, -0.25) is 14.5 Å². The molecular weight excluding hydrogens is 637 g/mol. The summed E-state index contributed by atoms with van der Waals surface area (Å²) < 4.78 is 0. The number of nitrogens with one attached hydrogen (secondary N) is 2. The van der Waals surface area contributed by atoms with Gasteiger partial charge < -0.3 is 30.4 Å². The summed E-state index contributed by atoms with van der Waals surface area (Å²) in [7, 11) is 0. The van der Waals surface area contributed by atoms with Crippen LogP contribution in [-0.2, 0) is 22.7 Å². The number of likely N-dealkylation sites (tertiary alicyclic amines) is 2. The fourth-order valence-corrected chi connectivity index (χ4v) is 9.23. The second-order valence-corrected chi connectivity index (χ2v) is 15.9. The molecule has 1 aliphatic carbocycles. The second kappa shape index (κ2) is 17.3. The first-order chi connectivity index (χ1) is 23.9. The van der Waals surface area contributed by atoms with Crippen LogP contribution in [0.25, 0.3) is 0 Å². The van der Waals surface area contributed by atoms with E-state index in [0.717, 1.165) is 76.0 Å². The van der Waals surface area contributed by atoms with Crippen molar-refractivity contribution in [2.45, 2.75) is 102 Å². The number of hydrogen-bond donors (Lipinski definition) is 3. The lowest BCUT2D eigenvalue weighted by molar-refractivity contribution is -0.145. The summed E-state index contributed by atoms with van der Waals surface area (Å²) in [4.78, 5) is 49.1. The van der Waals surface area contributed by atoms with Gasteiger partial charge in [0.1, 0.15) is 6.04 Å². The summed E-state index contributed by atoms with van der Waals surface area (Å²) in [5.74, 6) is -0.355. The van der Waals surface area contributed by atoms with E-state index in [1.165, 1.54) is 49.2 Å². The Morgan fingerprint density at radius 1 is 0.898 bits per heavy atom. The minimum absolute atomic E-state index is 0.00947. The number of hydrogen-bond acceptors (Lipinski definition) is 7. The van der Waals surface area contributed by atoms with Crippen molar-refractivity contribution < 1.29 is 19.5 Å². The van der Waals surface area contributed by atoms with E-state index in [1.54, 1.807) is 16.2 Å². The standard InChI is InChI=1S/C38H56N6O4S/c45-35(39-26-32-12-9-25-49-32)34-28-43(37(47)48)23-24-44(34)36(46)33(13-5-8-21-41-19-6-2-7-20-41)40-31-14-16-38(17-15-31)18-22-42(29-38)27-30-10-3-1-4-11-30/h1,3-4,9-12,25,31,33-34,40H,2,5-8,13-24,26-29H2,(H,39,45)(H,47,48)/t31?,33-,34+,38?/m1/s1. The van der Waals surface area contributed by atoms with Crippen LogP contribution in [0.15, 0.2) is 47.8 Å². The average Bonchev–Trinajstić information content (AvgIpc) is 3.80. The fourth-order valence-electron chi connectivity index (χ4n) is 8.59. The van der Waals surface area contributed by atoms with Gasteiger partial charge in [0.2, 0.25) is 11.8 Å². The molecule has 49 heavy (non-hydrogen) atoms. The first-order valence-electron chi connectivity index (χ1n) is 18.7. The molecule has 4 aliphatic rings. The summed E-state index contributed by atoms with van der Waals surface area (Å²) >= 11 is 1.56. The number of piperazine rings is 1. The van der Waals surface area contributed by atoms with Crippen LogP contribution in [0.4, 0.5) is 4.79 Å². The molecule has 3 N–H and O–H groups in total. The highest BCUT2D eigenvalue weighted by molar-refractivity contribution is 7.09. The predicted octanol–water partition coefficient (Wildman–Crippen LogP) is 5.00. The normalized spacial score (nSPS) is 25.8. The molecule has 1 spiro atoms. The van der Waals surface area contributed by atoms with Crippen molar-refractivity contribution in [3.63, 3.8) is 0 Å². The van der Waals surface area contributed by atoms with E-state index >= 15 is 0 Å². The maximum atomic E-state index is 14.5. The van der Waals surface area contributed by atoms with Gasteiger partial charge in [-0.2, -0.15) is 0 Å². The Morgan fingerprint density at radius 2 is 1.69 bits per heavy atom. The number of amides is 3. The van der Waals surface area contributed by atoms with Gasteiger partial charge >= 0.3 is 6.09 Å². The van der Waals surface area contributed by atoms with Gasteiger partial charge in [-0.05, 0) is 106 Å². The van der Waals surface area contributed by atoms with Crippen molar-refractivity contribution in [3.8, 4) is 0 Å². The van der Waals surface area contributed by atoms with Crippen LogP contribution in [0.3, 0.4) is 0 Å². The second-order valence-electron chi connectivity index (χ2n) is 14.9. The Balaban J connectivity index is 1.09. The minimum atomic E-state index is -1.05. The first kappa shape index (κ1) is 35.8. The molecule has 10 nitrogen and oxygen atoms in total. The number of carboxylic acid groups (broad SMARTS) is 1. The van der Waals surface area contributed by atoms with Crippen LogP contribution in [-0.4, -0.2) is 113 Å². The molecule has 0 radical (unpaired) electrons. The van der Waals surface area contributed by atoms with Crippen molar-refractivity contribution in [2.24, 2.45) is 5.41 Å². The van der Waals surface area contributed by atoms with E-state index in [2.05, 4.69) is 50.8 Å². The van der Waals surface area contributed by atoms with Crippen LogP contribution >= 0.6 is 11.3 Å². The molecule has 4 fully saturated rings. The molecule has 3 saturated heterocycles. The number of benzene rings is 1. The van der Waals surface area contributed by atoms with Crippen molar-refractivity contribution in [1.29, 1.82) is 0 Å². The van der Waals surface area contributed by atoms with Crippen molar-refractivity contribution in [2.75, 3.05) is 52.4 Å². The smallest absolute Gasteiger partial charge is 0.407 e. The molecule has 1 aromatic carbocycles. The molecule has 3 aliphatic heterocycles. The Hall–Kier alpha value is -2.99. The summed E-state index contributed by atoms with van der Waals surface area (Å²) in [6.45, 7) is 7.49. The highest BCUT2D eigenvalue weighted by Gasteiger charge is 2.43. The number of piperidine rings is 1. The van der Waals surface area contributed by atoms with Crippen molar-refractivity contribution in [3.05, 3.63) is 58.3 Å². The third kappa shape index (κ3) is 9.84. The number of rotatable bonds is 13. The predicted molar refractivity (Wildman–Crippen MR) is 193 cm³/mol. The van der Waals surface area contributed by atoms with Gasteiger partial charge in [0, 0.05) is 37.1 Å². The third-order valence-corrected chi connectivity index (χ3v) is 12.3. The molecular formula is C38H56N6O4S. The van der Waals surface area contributed by atoms with Gasteiger partial charge in [0.05, 0.1) is 19.1 Å². The van der Waals surface area contributed by atoms with Gasteiger partial charge in [-0.25, -0.2) is 4.79 Å². The first-order valence-corrected chi connectivity index (χ1v) is 19.6. The van der Waals surface area contributed by atoms with Gasteiger partial charge in [0.15, 0.2) is 0 Å². The number of unbranched alkanes of at least 4 members (excludes halogenated alkanes) is 1. The van der Waals surface area contributed by atoms with E-state index in [1.807, 2.05) is 17.5 Å². The van der Waals surface area contributed by atoms with E-state index in [0.29, 0.717) is 12.0 Å². The fraction of sp³-hybridized carbons (Fsp3) is 0.658. The molecule has 2 atom stereocenters. The molecule has 1 aromatic heterocycles. The number of thiophene rings is 1. The quantitative estimate of drug-likeness (QED) is 0.254. The highest BCUT2D eigenvalue weighted by Crippen LogP contribution is 2.44. The summed E-state index contributed by atoms with van der Waals surface area (Å²) in [6, 6.07) is 13.7. The maximum Gasteiger partial charge on any atom is 0.407 e. The SMILES string of the molecule is O=C(NCc1cccs1)[C@@H]1CN(C(=O)O)CCN1C(=O)[C@@H](CCCCN1CCCCC1)NC1CCC2(CC1)CCN(Cc1ccccc1)C2. The molecule has 4 heterocycles. The molecule has 11 heteroatoms. The van der Waals surface area contributed by atoms with E-state index in [9.17, 15) is 19.5 Å². The van der Waals surface area contributed by atoms with Crippen LogP contribution < -0.4 is 10.6 Å². The summed E-state index contributed by atoms with van der Waals surface area (Å²) in [5.41, 5.74) is 1.74. The largest absolute Gasteiger partial charge is 0.465 e. The van der Waals surface area contributed by atoms with Crippen LogP contribution in [0.5, 0.6) is 0 Å². The zero-order valence-corrected chi connectivity index (χ0v) is 29.9. The Morgan fingerprint density at radius 3 is 2.43 bits per heavy atom. The monoisotopic (exact) mass is 692 g/mol. The van der Waals surface area contributed by atoms with E-state index < -0.39 is 12.1 Å². The zero-order chi connectivity index (χ0) is 34.1. The molecule has 1 saturated carbocycles. The lowest BCUT2D eigenvalue weighted by Gasteiger charge is -2.42. The van der Waals surface area contributed by atoms with Gasteiger partial charge in [-0.15, -0.1) is 11.3 Å². The lowest BCUT2D eigenvalue weighted by atomic mass is 9.72. The van der Waals surface area contributed by atoms with E-state index in [-0.39, 0.29) is 43.5 Å². The van der Waals surface area contributed by atoms with Gasteiger partial charge in [-0.1, -0.05) is 49.2 Å². The van der Waals surface area contributed by atoms with Crippen molar-refractivity contribution in [1.82, 2.24) is 30.2 Å². The molecule has 268 valence electrons. The maximum absolute atomic E-state index is 14.5. The average molecular weight is 693 g/mol. The lowest BCUT2D eigenvalue weighted by Crippen LogP contribution is -2.64. The summed E-state index contributed by atoms with van der Waals surface area (Å²) in [5, 5.41) is 18.5. The number of carbonyl (C=O) groups excluding carboxylic acids is 2. The molecule has 2 aromatic rings. The third-order valence-electron chi connectivity index (χ3n) is 11.5. The molecule has 0 unspecified atom stereocenters. The topological polar surface area (TPSA) is 108 Å². The Kier molecular flexibility index (Phi) is 12.6. The molecule has 3 amide bonds. The van der Waals surface area contributed by atoms with Crippen molar-refractivity contribution >= 4 is 29.2 Å². The van der Waals surface area contributed by atoms with Crippen LogP contribution in [0, 0.1) is 5.41 Å². The van der Waals surface area contributed by atoms with Crippen LogP contribution in [0.1, 0.15) is 81.1 Å². The Labute approximate surface area is 296 Å². The minimum Gasteiger partial charge on any atom is -0.465 e. The molecule has 6 rings (SSSR count). The number of nitrogens with zero attached hydrogens (tertiary/aromatic N) is 4. The Bertz CT molecular complexity index is 1350. The molecule has 0 bridgehead atoms. The zero-order valence-electron chi connectivity index (χ0n) is 29.1. The van der Waals surface area contributed by atoms with E-state index in [4.69, 9.17) is 0 Å². The number of carbonyl (C=O) groups is 3. The van der Waals surface area contributed by atoms with Crippen LogP contribution in [0.2, 0.25) is 0 Å².